The number of aromatic amines is 1. The number of carbonyl (C=O) groups is 2. The van der Waals surface area contributed by atoms with Gasteiger partial charge in [-0.1, -0.05) is 60.7 Å². The number of nitrogens with one attached hydrogen (secondary N) is 1. The molecule has 0 unspecified atom stereocenters. The van der Waals surface area contributed by atoms with Crippen molar-refractivity contribution in [3.63, 3.8) is 0 Å². The third-order valence-electron chi connectivity index (χ3n) is 3.93. The van der Waals surface area contributed by atoms with Crippen molar-refractivity contribution in [2.75, 3.05) is 6.61 Å². The summed E-state index contributed by atoms with van der Waals surface area (Å²) in [4.78, 5) is 29.0. The van der Waals surface area contributed by atoms with Gasteiger partial charge in [-0.05, 0) is 23.3 Å². The Labute approximate surface area is 152 Å². The Bertz CT molecular complexity index is 789. The van der Waals surface area contributed by atoms with Crippen molar-refractivity contribution in [1.29, 1.82) is 0 Å². The monoisotopic (exact) mass is 348 g/mol. The van der Waals surface area contributed by atoms with Crippen molar-refractivity contribution in [3.05, 3.63) is 95.8 Å². The number of hydrogen-bond acceptors (Lipinski definition) is 3. The molecule has 26 heavy (non-hydrogen) atoms. The molecule has 2 aromatic carbocycles. The van der Waals surface area contributed by atoms with Crippen LogP contribution in [0.1, 0.15) is 21.6 Å². The first-order valence-electron chi connectivity index (χ1n) is 8.38. The average Bonchev–Trinajstić information content (AvgIpc) is 3.22. The van der Waals surface area contributed by atoms with Gasteiger partial charge in [-0.3, -0.25) is 4.79 Å². The summed E-state index contributed by atoms with van der Waals surface area (Å²) in [6.45, 7) is 0.612. The Hall–Kier alpha value is -3.34. The van der Waals surface area contributed by atoms with E-state index in [4.69, 9.17) is 4.74 Å². The van der Waals surface area contributed by atoms with Crippen molar-refractivity contribution in [3.8, 4) is 0 Å². The van der Waals surface area contributed by atoms with Crippen LogP contribution in [0.15, 0.2) is 79.0 Å². The smallest absolute Gasteiger partial charge is 0.355 e. The van der Waals surface area contributed by atoms with Gasteiger partial charge in [0, 0.05) is 19.3 Å². The van der Waals surface area contributed by atoms with Gasteiger partial charge in [0.25, 0.3) is 5.91 Å². The number of H-pyrrole nitrogens is 1. The lowest BCUT2D eigenvalue weighted by molar-refractivity contribution is -0.135. The van der Waals surface area contributed by atoms with E-state index < -0.39 is 5.97 Å². The Balaban J connectivity index is 1.67. The summed E-state index contributed by atoms with van der Waals surface area (Å²) in [6, 6.07) is 22.8. The minimum atomic E-state index is -0.539. The quantitative estimate of drug-likeness (QED) is 0.666. The highest BCUT2D eigenvalue weighted by atomic mass is 16.5. The molecule has 0 bridgehead atoms. The highest BCUT2D eigenvalue weighted by Gasteiger charge is 2.17. The van der Waals surface area contributed by atoms with Crippen LogP contribution in [0.3, 0.4) is 0 Å². The van der Waals surface area contributed by atoms with E-state index in [0.717, 1.165) is 11.1 Å². The molecule has 0 saturated heterocycles. The zero-order valence-corrected chi connectivity index (χ0v) is 14.3. The normalized spacial score (nSPS) is 10.3. The minimum absolute atomic E-state index is 0.238. The number of ether oxygens (including phenoxy) is 1. The van der Waals surface area contributed by atoms with Crippen molar-refractivity contribution in [2.24, 2.45) is 0 Å². The van der Waals surface area contributed by atoms with E-state index in [1.165, 1.54) is 0 Å². The van der Waals surface area contributed by atoms with Crippen LogP contribution < -0.4 is 0 Å². The molecule has 0 spiro atoms. The first kappa shape index (κ1) is 17.5. The molecule has 5 heteroatoms. The molecule has 0 fully saturated rings. The maximum atomic E-state index is 12.7. The van der Waals surface area contributed by atoms with Crippen LogP contribution in [0.5, 0.6) is 0 Å². The molecule has 3 aromatic rings. The van der Waals surface area contributed by atoms with Crippen molar-refractivity contribution >= 4 is 11.9 Å². The number of amides is 1. The van der Waals surface area contributed by atoms with E-state index in [0.29, 0.717) is 18.8 Å². The summed E-state index contributed by atoms with van der Waals surface area (Å²) in [5.74, 6) is -0.777. The standard InChI is InChI=1S/C21H20N2O3/c24-20(16-26-21(25)19-12-7-13-22-19)23(14-17-8-3-1-4-9-17)15-18-10-5-2-6-11-18/h1-13,22H,14-16H2. The molecule has 1 amide bonds. The fraction of sp³-hybridized carbons (Fsp3) is 0.143. The van der Waals surface area contributed by atoms with E-state index in [1.54, 1.807) is 23.2 Å². The summed E-state index contributed by atoms with van der Waals surface area (Å²) in [5, 5.41) is 0. The van der Waals surface area contributed by atoms with Crippen molar-refractivity contribution in [2.45, 2.75) is 13.1 Å². The van der Waals surface area contributed by atoms with Crippen LogP contribution in [0.25, 0.3) is 0 Å². The maximum absolute atomic E-state index is 12.7. The largest absolute Gasteiger partial charge is 0.451 e. The Morgan fingerprint density at radius 1 is 0.808 bits per heavy atom. The summed E-state index contributed by atoms with van der Waals surface area (Å²) in [7, 11) is 0. The molecular weight excluding hydrogens is 328 g/mol. The fourth-order valence-electron chi connectivity index (χ4n) is 2.59. The van der Waals surface area contributed by atoms with Gasteiger partial charge in [0.2, 0.25) is 0 Å². The van der Waals surface area contributed by atoms with E-state index in [-0.39, 0.29) is 12.5 Å². The fourth-order valence-corrected chi connectivity index (χ4v) is 2.59. The van der Waals surface area contributed by atoms with Crippen LogP contribution in [0, 0.1) is 0 Å². The lowest BCUT2D eigenvalue weighted by Crippen LogP contribution is -2.34. The Morgan fingerprint density at radius 2 is 1.38 bits per heavy atom. The zero-order chi connectivity index (χ0) is 18.2. The van der Waals surface area contributed by atoms with Crippen molar-refractivity contribution in [1.82, 2.24) is 9.88 Å². The van der Waals surface area contributed by atoms with Gasteiger partial charge in [-0.15, -0.1) is 0 Å². The number of benzene rings is 2. The second-order valence-corrected chi connectivity index (χ2v) is 5.88. The van der Waals surface area contributed by atoms with Crippen LogP contribution >= 0.6 is 0 Å². The molecule has 132 valence electrons. The topological polar surface area (TPSA) is 62.4 Å². The van der Waals surface area contributed by atoms with E-state index in [2.05, 4.69) is 4.98 Å². The summed E-state index contributed by atoms with van der Waals surface area (Å²) in [6.07, 6.45) is 1.63. The number of hydrogen-bond donors (Lipinski definition) is 1. The second kappa shape index (κ2) is 8.67. The average molecular weight is 348 g/mol. The van der Waals surface area contributed by atoms with Crippen molar-refractivity contribution < 1.29 is 14.3 Å². The number of esters is 1. The van der Waals surface area contributed by atoms with Gasteiger partial charge < -0.3 is 14.6 Å². The van der Waals surface area contributed by atoms with Gasteiger partial charge in [-0.25, -0.2) is 4.79 Å². The molecule has 0 aliphatic carbocycles. The number of carbonyl (C=O) groups excluding carboxylic acids is 2. The lowest BCUT2D eigenvalue weighted by Gasteiger charge is -2.23. The first-order valence-corrected chi connectivity index (χ1v) is 8.38. The van der Waals surface area contributed by atoms with Crippen LogP contribution in [0.4, 0.5) is 0 Å². The van der Waals surface area contributed by atoms with Crippen LogP contribution in [-0.4, -0.2) is 28.4 Å². The number of nitrogens with zero attached hydrogens (tertiary/aromatic N) is 1. The van der Waals surface area contributed by atoms with Gasteiger partial charge >= 0.3 is 5.97 Å². The Kier molecular flexibility index (Phi) is 5.83. The molecule has 0 aliphatic rings. The summed E-state index contributed by atoms with van der Waals surface area (Å²) < 4.78 is 5.14. The minimum Gasteiger partial charge on any atom is -0.451 e. The summed E-state index contributed by atoms with van der Waals surface area (Å²) >= 11 is 0. The Morgan fingerprint density at radius 3 is 1.88 bits per heavy atom. The van der Waals surface area contributed by atoms with Gasteiger partial charge in [0.15, 0.2) is 6.61 Å². The SMILES string of the molecule is O=C(OCC(=O)N(Cc1ccccc1)Cc1ccccc1)c1ccc[nH]1. The maximum Gasteiger partial charge on any atom is 0.355 e. The van der Waals surface area contributed by atoms with Gasteiger partial charge in [0.1, 0.15) is 5.69 Å². The predicted octanol–water partition coefficient (Wildman–Crippen LogP) is 3.40. The van der Waals surface area contributed by atoms with Gasteiger partial charge in [-0.2, -0.15) is 0 Å². The van der Waals surface area contributed by atoms with Gasteiger partial charge in [0.05, 0.1) is 0 Å². The molecule has 0 saturated carbocycles. The molecule has 5 nitrogen and oxygen atoms in total. The lowest BCUT2D eigenvalue weighted by atomic mass is 10.1. The highest BCUT2D eigenvalue weighted by molar-refractivity contribution is 5.89. The molecule has 0 radical (unpaired) electrons. The zero-order valence-electron chi connectivity index (χ0n) is 14.3. The first-order chi connectivity index (χ1) is 12.7. The molecule has 0 atom stereocenters. The third kappa shape index (κ3) is 4.83. The van der Waals surface area contributed by atoms with E-state index >= 15 is 0 Å². The van der Waals surface area contributed by atoms with E-state index in [9.17, 15) is 9.59 Å². The molecule has 3 rings (SSSR count). The third-order valence-corrected chi connectivity index (χ3v) is 3.93. The summed E-state index contributed by atoms with van der Waals surface area (Å²) in [5.41, 5.74) is 2.37. The predicted molar refractivity (Wildman–Crippen MR) is 98.2 cm³/mol. The number of rotatable bonds is 7. The van der Waals surface area contributed by atoms with E-state index in [1.807, 2.05) is 60.7 Å². The van der Waals surface area contributed by atoms with Crippen LogP contribution in [0.2, 0.25) is 0 Å². The second-order valence-electron chi connectivity index (χ2n) is 5.88. The highest BCUT2D eigenvalue weighted by Crippen LogP contribution is 2.11. The molecule has 1 heterocycles. The van der Waals surface area contributed by atoms with Crippen LogP contribution in [-0.2, 0) is 22.6 Å². The molecular formula is C21H20N2O3. The molecule has 0 aliphatic heterocycles. The molecule has 1 aromatic heterocycles. The molecule has 1 N–H and O–H groups in total. The number of aromatic nitrogens is 1.